The summed E-state index contributed by atoms with van der Waals surface area (Å²) < 4.78 is 0. The first-order valence-electron chi connectivity index (χ1n) is 44.9. The van der Waals surface area contributed by atoms with Gasteiger partial charge in [-0.25, -0.2) is 19.9 Å². The van der Waals surface area contributed by atoms with Crippen molar-refractivity contribution in [1.29, 1.82) is 0 Å². The zero-order valence-electron chi connectivity index (χ0n) is 78.0. The van der Waals surface area contributed by atoms with Crippen LogP contribution in [0.4, 0.5) is 0 Å². The van der Waals surface area contributed by atoms with Gasteiger partial charge in [0.2, 0.25) is 82.7 Å². The summed E-state index contributed by atoms with van der Waals surface area (Å²) in [5.41, 5.74) is 2.81. The first-order valence-corrected chi connectivity index (χ1v) is 44.9. The van der Waals surface area contributed by atoms with Crippen molar-refractivity contribution in [3.8, 4) is 0 Å². The van der Waals surface area contributed by atoms with Gasteiger partial charge < -0.3 is 110 Å². The molecule has 0 aliphatic carbocycles. The fourth-order valence-corrected chi connectivity index (χ4v) is 14.9. The van der Waals surface area contributed by atoms with Gasteiger partial charge in [0.1, 0.15) is 84.6 Å². The lowest BCUT2D eigenvalue weighted by molar-refractivity contribution is -0.142. The Hall–Kier alpha value is -12.4. The van der Waals surface area contributed by atoms with Crippen LogP contribution in [0.25, 0.3) is 10.9 Å². The van der Waals surface area contributed by atoms with Gasteiger partial charge >= 0.3 is 5.97 Å². The van der Waals surface area contributed by atoms with Gasteiger partial charge in [-0.05, 0) is 117 Å². The fourth-order valence-electron chi connectivity index (χ4n) is 14.9. The van der Waals surface area contributed by atoms with Gasteiger partial charge in [-0.15, -0.1) is 0 Å². The molecule has 15 atom stereocenters. The van der Waals surface area contributed by atoms with Gasteiger partial charge in [0.25, 0.3) is 0 Å². The Kier molecular flexibility index (Phi) is 42.8. The van der Waals surface area contributed by atoms with E-state index in [-0.39, 0.29) is 130 Å². The lowest BCUT2D eigenvalue weighted by atomic mass is 9.96. The number of hydrogen-bond donors (Lipinski definition) is 21. The molecule has 40 heteroatoms. The number of carbonyl (C=O) groups is 15. The van der Waals surface area contributed by atoms with Crippen molar-refractivity contribution in [3.63, 3.8) is 0 Å². The maximum absolute atomic E-state index is 15.4. The van der Waals surface area contributed by atoms with E-state index in [1.165, 1.54) is 57.0 Å². The molecular formula is C90H139N23O17. The fraction of sp³-hybridized carbons (Fsp3) is 0.611. The van der Waals surface area contributed by atoms with E-state index in [1.807, 2.05) is 41.5 Å². The molecule has 5 aromatic heterocycles. The van der Waals surface area contributed by atoms with Crippen LogP contribution in [0.1, 0.15) is 204 Å². The molecule has 130 heavy (non-hydrogen) atoms. The van der Waals surface area contributed by atoms with Crippen LogP contribution in [-0.2, 0) is 104 Å². The molecule has 716 valence electrons. The highest BCUT2D eigenvalue weighted by Crippen LogP contribution is 2.23. The Balaban J connectivity index is 1.23. The third-order valence-corrected chi connectivity index (χ3v) is 21.4. The molecule has 0 radical (unpaired) electrons. The number of benzene rings is 1. The van der Waals surface area contributed by atoms with Gasteiger partial charge in [-0.2, -0.15) is 0 Å². The quantitative estimate of drug-likeness (QED) is 0.0261. The van der Waals surface area contributed by atoms with E-state index in [0.29, 0.717) is 45.7 Å². The number of para-hydroxylation sites is 1. The number of H-pyrrole nitrogens is 5. The predicted octanol–water partition coefficient (Wildman–Crippen LogP) is 2.46. The standard InChI is InChI=1S/C90H139N23O17/c1-46(2)23-54(17)76(115)101-63(24-47(3)4)78(117)110-72(33-58-38-92-43-97-58)86(125)105-66(27-50(9)10)81(120)104-68(29-52(13)14)84(123)111-74(35-60-40-94-45-99-60)88(127)113-75(41-114)89(128)107-69(30-53(15)16)82(121)108-70(31-56-36-95-62-22-20-19-21-61(56)62)85(124)112-73(34-59-39-93-44-98-59)87(126)106-65(26-49(7)8)80(119)102-64(25-48(5)6)79(118)103-67(28-51(11)12)83(122)109-71(32-57-37-91-42-96-57)77(116)100-55(18)90(129)130/h19-22,36-40,42-55,63-75,95,114H,23-35,41H2,1-18H3,(H,91,96)(H,92,97)(H,93,98)(H,94,99)(H,100,116)(H,101,115)(H,102,119)(H,103,118)(H,104,120)(H,105,125)(H,106,126)(H,107,128)(H,108,121)(H,109,122)(H,110,117)(H,111,123)(H,112,124)(H,113,127)(H,129,130)/t54-,55-,63-,64-,65-,66-,67-,68-,69-,70-,71-,72-,73-,74-,75-/m0/s1. The summed E-state index contributed by atoms with van der Waals surface area (Å²) in [5.74, 6) is -14.4. The van der Waals surface area contributed by atoms with Crippen LogP contribution < -0.4 is 74.4 Å². The number of nitrogens with one attached hydrogen (secondary N) is 19. The molecule has 0 saturated heterocycles. The van der Waals surface area contributed by atoms with Crippen molar-refractivity contribution >= 4 is 99.6 Å². The Morgan fingerprint density at radius 3 is 0.746 bits per heavy atom. The SMILES string of the molecule is CC(C)C[C@H](NC(=O)[C@H](CC(C)C)NC(=O)[C@H](CC(C)C)NC(=O)[C@H](Cc1cnc[nH]1)NC(=O)[C@H](Cc1c[nH]c2ccccc12)NC(=O)[C@H](CC(C)C)NC(=O)[C@H](CO)NC(=O)[C@H](Cc1cnc[nH]1)NC(=O)[C@H](CC(C)C)NC(=O)[C@H](CC(C)C)NC(=O)[C@H](Cc1cnc[nH]1)NC(=O)[C@H](CC(C)C)NC(=O)[C@@H](C)CC(C)C)C(=O)N[C@@H](Cc1cnc[nH]1)C(=O)N[C@@H](C)C(=O)O. The van der Waals surface area contributed by atoms with Crippen molar-refractivity contribution in [2.24, 2.45) is 53.3 Å². The number of aliphatic hydroxyl groups is 1. The second-order valence-corrected chi connectivity index (χ2v) is 37.2. The van der Waals surface area contributed by atoms with E-state index < -0.39 is 180 Å². The average Bonchev–Trinajstić information content (AvgIpc) is 1.66. The number of imidazole rings is 4. The second-order valence-electron chi connectivity index (χ2n) is 37.2. The number of aliphatic hydroxyl groups excluding tert-OH is 1. The van der Waals surface area contributed by atoms with Gasteiger partial charge in [0.15, 0.2) is 0 Å². The number of amides is 14. The maximum Gasteiger partial charge on any atom is 0.325 e. The van der Waals surface area contributed by atoms with Crippen molar-refractivity contribution in [2.75, 3.05) is 6.61 Å². The number of aromatic amines is 5. The number of aromatic nitrogens is 9. The highest BCUT2D eigenvalue weighted by atomic mass is 16.4. The molecule has 21 N–H and O–H groups in total. The number of rotatable bonds is 56. The topological polar surface area (TPSA) is 595 Å². The number of nitrogens with zero attached hydrogens (tertiary/aromatic N) is 4. The van der Waals surface area contributed by atoms with Crippen LogP contribution in [0.3, 0.4) is 0 Å². The van der Waals surface area contributed by atoms with Crippen LogP contribution in [0.15, 0.2) is 80.6 Å². The number of carboxylic acid groups (broad SMARTS) is 1. The highest BCUT2D eigenvalue weighted by Gasteiger charge is 2.40. The van der Waals surface area contributed by atoms with Gasteiger partial charge in [-0.1, -0.05) is 136 Å². The molecule has 0 bridgehead atoms. The third-order valence-electron chi connectivity index (χ3n) is 21.4. The zero-order chi connectivity index (χ0) is 96.3. The zero-order valence-corrected chi connectivity index (χ0v) is 78.0. The summed E-state index contributed by atoms with van der Waals surface area (Å²) in [4.78, 5) is 247. The molecule has 14 amide bonds. The summed E-state index contributed by atoms with van der Waals surface area (Å²) in [5, 5.41) is 59.5. The largest absolute Gasteiger partial charge is 0.480 e. The average molecular weight is 1820 g/mol. The maximum atomic E-state index is 15.4. The Morgan fingerprint density at radius 2 is 0.500 bits per heavy atom. The van der Waals surface area contributed by atoms with E-state index in [1.54, 1.807) is 107 Å². The second kappa shape index (κ2) is 52.3. The lowest BCUT2D eigenvalue weighted by Crippen LogP contribution is -2.62. The minimum atomic E-state index is -1.81. The number of hydrogen-bond acceptors (Lipinski definition) is 20. The summed E-state index contributed by atoms with van der Waals surface area (Å²) >= 11 is 0. The Labute approximate surface area is 759 Å². The van der Waals surface area contributed by atoms with Crippen molar-refractivity contribution in [2.45, 2.75) is 293 Å². The number of carboxylic acids is 1. The van der Waals surface area contributed by atoms with E-state index in [2.05, 4.69) is 119 Å². The molecular weight excluding hydrogens is 1680 g/mol. The van der Waals surface area contributed by atoms with E-state index in [4.69, 9.17) is 0 Å². The molecule has 0 spiro atoms. The monoisotopic (exact) mass is 1810 g/mol. The van der Waals surface area contributed by atoms with E-state index in [0.717, 1.165) is 0 Å². The van der Waals surface area contributed by atoms with Crippen molar-refractivity contribution in [1.82, 2.24) is 119 Å². The first-order chi connectivity index (χ1) is 61.4. The molecule has 40 nitrogen and oxygen atoms in total. The lowest BCUT2D eigenvalue weighted by Gasteiger charge is -2.29. The summed E-state index contributed by atoms with van der Waals surface area (Å²) in [6, 6.07) is -12.4. The minimum absolute atomic E-state index is 0.00152. The number of aliphatic carboxylic acids is 1. The van der Waals surface area contributed by atoms with Crippen molar-refractivity contribution in [3.05, 3.63) is 109 Å². The van der Waals surface area contributed by atoms with Crippen LogP contribution in [0.5, 0.6) is 0 Å². The highest BCUT2D eigenvalue weighted by molar-refractivity contribution is 6.01. The van der Waals surface area contributed by atoms with Crippen LogP contribution in [-0.4, -0.2) is 235 Å². The van der Waals surface area contributed by atoms with Crippen LogP contribution in [0, 0.1) is 53.3 Å². The Bertz CT molecular complexity index is 4640. The molecule has 1 aromatic carbocycles. The molecule has 0 fully saturated rings. The Morgan fingerprint density at radius 1 is 0.277 bits per heavy atom. The molecule has 0 saturated carbocycles. The van der Waals surface area contributed by atoms with Gasteiger partial charge in [0, 0.05) is 103 Å². The summed E-state index contributed by atoms with van der Waals surface area (Å²) in [6.07, 6.45) is 12.7. The molecule has 6 rings (SSSR count). The number of carbonyl (C=O) groups excluding carboxylic acids is 14. The molecule has 0 unspecified atom stereocenters. The summed E-state index contributed by atoms with van der Waals surface area (Å²) in [6.45, 7) is 31.3. The molecule has 0 aliphatic heterocycles. The molecule has 0 aliphatic rings. The normalized spacial score (nSPS) is 15.1. The van der Waals surface area contributed by atoms with Crippen molar-refractivity contribution < 1.29 is 82.1 Å². The van der Waals surface area contributed by atoms with Gasteiger partial charge in [-0.3, -0.25) is 71.9 Å². The predicted molar refractivity (Wildman–Crippen MR) is 483 cm³/mol. The molecule has 6 aromatic rings. The van der Waals surface area contributed by atoms with Crippen LogP contribution >= 0.6 is 0 Å². The smallest absolute Gasteiger partial charge is 0.325 e. The van der Waals surface area contributed by atoms with E-state index >= 15 is 14.4 Å². The van der Waals surface area contributed by atoms with Gasteiger partial charge in [0.05, 0.1) is 31.9 Å². The summed E-state index contributed by atoms with van der Waals surface area (Å²) in [7, 11) is 0. The van der Waals surface area contributed by atoms with Crippen LogP contribution in [0.2, 0.25) is 0 Å². The minimum Gasteiger partial charge on any atom is -0.480 e. The van der Waals surface area contributed by atoms with E-state index in [9.17, 15) is 67.7 Å². The third kappa shape index (κ3) is 35.9. The molecule has 5 heterocycles. The number of fused-ring (bicyclic) bond motifs is 1. The first kappa shape index (κ1) is 106.